The van der Waals surface area contributed by atoms with Gasteiger partial charge in [0.2, 0.25) is 0 Å². The van der Waals surface area contributed by atoms with Crippen LogP contribution in [0.3, 0.4) is 0 Å². The van der Waals surface area contributed by atoms with Gasteiger partial charge in [0.15, 0.2) is 0 Å². The van der Waals surface area contributed by atoms with Gasteiger partial charge in [0.05, 0.1) is 31.4 Å². The Labute approximate surface area is 134 Å². The fourth-order valence-electron chi connectivity index (χ4n) is 2.75. The minimum absolute atomic E-state index is 0.0496. The van der Waals surface area contributed by atoms with Crippen LogP contribution in [0.5, 0.6) is 5.75 Å². The summed E-state index contributed by atoms with van der Waals surface area (Å²) in [5.41, 5.74) is 2.11. The van der Waals surface area contributed by atoms with Crippen LogP contribution in [-0.4, -0.2) is 31.3 Å². The quantitative estimate of drug-likeness (QED) is 0.829. The smallest absolute Gasteiger partial charge is 0.339 e. The number of esters is 2. The van der Waals surface area contributed by atoms with Gasteiger partial charge >= 0.3 is 11.9 Å². The van der Waals surface area contributed by atoms with Gasteiger partial charge in [-0.3, -0.25) is 0 Å². The number of nitrogens with one attached hydrogen (secondary N) is 1. The lowest BCUT2D eigenvalue weighted by atomic mass is 9.87. The van der Waals surface area contributed by atoms with Gasteiger partial charge in [-0.1, -0.05) is 18.2 Å². The van der Waals surface area contributed by atoms with Crippen LogP contribution < -0.4 is 5.32 Å². The molecule has 1 aliphatic rings. The van der Waals surface area contributed by atoms with Gasteiger partial charge in [-0.25, -0.2) is 9.59 Å². The molecule has 0 bridgehead atoms. The van der Waals surface area contributed by atoms with E-state index in [0.717, 1.165) is 0 Å². The Morgan fingerprint density at radius 3 is 2.26 bits per heavy atom. The van der Waals surface area contributed by atoms with Crippen molar-refractivity contribution < 1.29 is 24.2 Å². The molecular weight excluding hydrogens is 298 g/mol. The summed E-state index contributed by atoms with van der Waals surface area (Å²) in [7, 11) is 2.55. The molecule has 1 aliphatic heterocycles. The Balaban J connectivity index is 2.64. The summed E-state index contributed by atoms with van der Waals surface area (Å²) in [6.07, 6.45) is 0. The van der Waals surface area contributed by atoms with E-state index in [-0.39, 0.29) is 11.3 Å². The number of hydrogen-bond acceptors (Lipinski definition) is 6. The fraction of sp³-hybridized carbons (Fsp3) is 0.294. The summed E-state index contributed by atoms with van der Waals surface area (Å²) in [5, 5.41) is 13.2. The number of benzene rings is 1. The molecule has 23 heavy (non-hydrogen) atoms. The number of dihydropyridines is 1. The Kier molecular flexibility index (Phi) is 4.74. The van der Waals surface area contributed by atoms with Crippen LogP contribution in [0, 0.1) is 0 Å². The second kappa shape index (κ2) is 6.56. The molecule has 0 radical (unpaired) electrons. The molecule has 1 aromatic rings. The highest BCUT2D eigenvalue weighted by Gasteiger charge is 2.35. The van der Waals surface area contributed by atoms with Crippen molar-refractivity contribution in [2.45, 2.75) is 19.9 Å². The molecule has 122 valence electrons. The zero-order valence-electron chi connectivity index (χ0n) is 13.5. The predicted octanol–water partition coefficient (Wildman–Crippen LogP) is 1.97. The van der Waals surface area contributed by atoms with E-state index in [1.165, 1.54) is 20.3 Å². The van der Waals surface area contributed by atoms with Crippen LogP contribution in [0.1, 0.15) is 25.5 Å². The number of rotatable bonds is 3. The van der Waals surface area contributed by atoms with Crippen LogP contribution in [-0.2, 0) is 19.1 Å². The third-order valence-corrected chi connectivity index (χ3v) is 3.85. The number of ether oxygens (including phenoxy) is 2. The minimum atomic E-state index is -0.614. The monoisotopic (exact) mass is 317 g/mol. The number of para-hydroxylation sites is 1. The molecular formula is C17H19NO5. The van der Waals surface area contributed by atoms with E-state index in [4.69, 9.17) is 9.47 Å². The first-order chi connectivity index (χ1) is 10.9. The number of phenolic OH excluding ortho intramolecular Hbond substituents is 1. The molecule has 1 atom stereocenters. The summed E-state index contributed by atoms with van der Waals surface area (Å²) < 4.78 is 9.64. The highest BCUT2D eigenvalue weighted by Crippen LogP contribution is 2.37. The van der Waals surface area contributed by atoms with Crippen molar-refractivity contribution in [1.29, 1.82) is 0 Å². The number of carbonyl (C=O) groups excluding carboxylic acids is 2. The Morgan fingerprint density at radius 2 is 1.70 bits per heavy atom. The highest BCUT2D eigenvalue weighted by atomic mass is 16.5. The first-order valence-electron chi connectivity index (χ1n) is 7.05. The summed E-state index contributed by atoms with van der Waals surface area (Å²) >= 11 is 0. The second-order valence-corrected chi connectivity index (χ2v) is 5.16. The van der Waals surface area contributed by atoms with Gasteiger partial charge in [-0.15, -0.1) is 0 Å². The molecule has 6 heteroatoms. The molecule has 0 amide bonds. The lowest BCUT2D eigenvalue weighted by molar-refractivity contribution is -0.136. The lowest BCUT2D eigenvalue weighted by Gasteiger charge is -2.30. The summed E-state index contributed by atoms with van der Waals surface area (Å²) in [4.78, 5) is 24.3. The number of aromatic hydroxyl groups is 1. The van der Waals surface area contributed by atoms with Gasteiger partial charge in [0.1, 0.15) is 5.75 Å². The molecule has 6 nitrogen and oxygen atoms in total. The van der Waals surface area contributed by atoms with Crippen molar-refractivity contribution >= 4 is 11.9 Å². The molecule has 1 aromatic carbocycles. The minimum Gasteiger partial charge on any atom is -0.508 e. The predicted molar refractivity (Wildman–Crippen MR) is 83.4 cm³/mol. The summed E-state index contributed by atoms with van der Waals surface area (Å²) in [6.45, 7) is 3.38. The normalized spacial score (nSPS) is 17.7. The zero-order valence-corrected chi connectivity index (χ0v) is 13.5. The SMILES string of the molecule is COC(=O)C1=C(C)NC(c2ccccc2O)C(C(=O)OC)=C1C. The molecule has 0 spiro atoms. The average Bonchev–Trinajstić information content (AvgIpc) is 2.53. The van der Waals surface area contributed by atoms with E-state index in [2.05, 4.69) is 5.32 Å². The molecule has 2 rings (SSSR count). The van der Waals surface area contributed by atoms with Crippen molar-refractivity contribution in [2.24, 2.45) is 0 Å². The van der Waals surface area contributed by atoms with Crippen molar-refractivity contribution in [3.05, 3.63) is 52.2 Å². The largest absolute Gasteiger partial charge is 0.508 e. The van der Waals surface area contributed by atoms with Crippen LogP contribution in [0.4, 0.5) is 0 Å². The van der Waals surface area contributed by atoms with E-state index in [9.17, 15) is 14.7 Å². The van der Waals surface area contributed by atoms with Gasteiger partial charge in [-0.2, -0.15) is 0 Å². The molecule has 1 unspecified atom stereocenters. The number of carbonyl (C=O) groups is 2. The average molecular weight is 317 g/mol. The van der Waals surface area contributed by atoms with Crippen LogP contribution >= 0.6 is 0 Å². The molecule has 1 heterocycles. The van der Waals surface area contributed by atoms with E-state index in [1.54, 1.807) is 32.0 Å². The van der Waals surface area contributed by atoms with Gasteiger partial charge in [0.25, 0.3) is 0 Å². The topological polar surface area (TPSA) is 84.9 Å². The van der Waals surface area contributed by atoms with Crippen molar-refractivity contribution in [3.8, 4) is 5.75 Å². The molecule has 0 aliphatic carbocycles. The van der Waals surface area contributed by atoms with Crippen molar-refractivity contribution in [2.75, 3.05) is 14.2 Å². The zero-order chi connectivity index (χ0) is 17.1. The number of methoxy groups -OCH3 is 2. The number of phenols is 1. The first kappa shape index (κ1) is 16.6. The Bertz CT molecular complexity index is 717. The van der Waals surface area contributed by atoms with E-state index in [1.807, 2.05) is 0 Å². The molecule has 0 aromatic heterocycles. The van der Waals surface area contributed by atoms with E-state index in [0.29, 0.717) is 22.4 Å². The maximum absolute atomic E-state index is 12.3. The fourth-order valence-corrected chi connectivity index (χ4v) is 2.75. The molecule has 0 saturated carbocycles. The van der Waals surface area contributed by atoms with Gasteiger partial charge < -0.3 is 19.9 Å². The summed E-state index contributed by atoms with van der Waals surface area (Å²) in [6, 6.07) is 6.08. The highest BCUT2D eigenvalue weighted by molar-refractivity contribution is 6.00. The number of hydrogen-bond donors (Lipinski definition) is 2. The van der Waals surface area contributed by atoms with Gasteiger partial charge in [0, 0.05) is 11.3 Å². The summed E-state index contributed by atoms with van der Waals surface area (Å²) in [5.74, 6) is -1.06. The lowest BCUT2D eigenvalue weighted by Crippen LogP contribution is -2.33. The van der Waals surface area contributed by atoms with Crippen molar-refractivity contribution in [1.82, 2.24) is 5.32 Å². The number of allylic oxidation sites excluding steroid dienone is 1. The maximum atomic E-state index is 12.3. The Morgan fingerprint density at radius 1 is 1.09 bits per heavy atom. The van der Waals surface area contributed by atoms with E-state index >= 15 is 0 Å². The standard InChI is InChI=1S/C17H19NO5/c1-9-13(16(20)22-3)10(2)18-15(14(9)17(21)23-4)11-7-5-6-8-12(11)19/h5-8,15,18-19H,1-4H3. The second-order valence-electron chi connectivity index (χ2n) is 5.16. The third-order valence-electron chi connectivity index (χ3n) is 3.85. The first-order valence-corrected chi connectivity index (χ1v) is 7.05. The molecule has 2 N–H and O–H groups in total. The Hall–Kier alpha value is -2.76. The van der Waals surface area contributed by atoms with Crippen LogP contribution in [0.25, 0.3) is 0 Å². The van der Waals surface area contributed by atoms with E-state index < -0.39 is 18.0 Å². The van der Waals surface area contributed by atoms with Crippen molar-refractivity contribution in [3.63, 3.8) is 0 Å². The van der Waals surface area contributed by atoms with Crippen LogP contribution in [0.15, 0.2) is 46.7 Å². The molecule has 0 fully saturated rings. The third kappa shape index (κ3) is 2.92. The maximum Gasteiger partial charge on any atom is 0.339 e. The molecule has 0 saturated heterocycles. The van der Waals surface area contributed by atoms with Gasteiger partial charge in [-0.05, 0) is 25.5 Å². The van der Waals surface area contributed by atoms with Crippen LogP contribution in [0.2, 0.25) is 0 Å².